The molecule has 0 fully saturated rings. The summed E-state index contributed by atoms with van der Waals surface area (Å²) in [6.07, 6.45) is 0.887. The minimum Gasteiger partial charge on any atom is -0.414 e. The third-order valence-electron chi connectivity index (χ3n) is 4.17. The average molecular weight is 374 g/mol. The Bertz CT molecular complexity index is 1090. The number of benzene rings is 2. The Balaban J connectivity index is 1.74. The molecule has 0 aliphatic heterocycles. The highest BCUT2D eigenvalue weighted by molar-refractivity contribution is 5.70. The van der Waals surface area contributed by atoms with Crippen LogP contribution >= 0.6 is 0 Å². The maximum Gasteiger partial charge on any atom is 0.270 e. The average Bonchev–Trinajstić information content (AvgIpc) is 3.19. The number of nitrogen functional groups attached to an aromatic ring is 1. The van der Waals surface area contributed by atoms with E-state index < -0.39 is 6.23 Å². The fraction of sp³-hybridized carbons (Fsp3) is 0.100. The van der Waals surface area contributed by atoms with Gasteiger partial charge in [0.25, 0.3) is 5.89 Å². The smallest absolute Gasteiger partial charge is 0.270 e. The van der Waals surface area contributed by atoms with E-state index in [2.05, 4.69) is 20.2 Å². The molecule has 2 heterocycles. The minimum absolute atomic E-state index is 0.182. The lowest BCUT2D eigenvalue weighted by Crippen LogP contribution is -2.21. The fourth-order valence-electron chi connectivity index (χ4n) is 2.88. The number of aliphatic hydroxyl groups excluding tert-OH is 1. The summed E-state index contributed by atoms with van der Waals surface area (Å²) in [4.78, 5) is 8.81. The van der Waals surface area contributed by atoms with E-state index in [1.807, 2.05) is 54.6 Å². The SMILES string of the molecule is Nc1ncc(-c2ccccc2CC(N)O)nc1-c1nnc(-c2ccccc2)o1. The molecule has 0 saturated carbocycles. The number of nitrogens with two attached hydrogens (primary N) is 2. The van der Waals surface area contributed by atoms with E-state index in [-0.39, 0.29) is 18.1 Å². The van der Waals surface area contributed by atoms with Crippen LogP contribution in [0.25, 0.3) is 34.3 Å². The van der Waals surface area contributed by atoms with Gasteiger partial charge in [-0.15, -0.1) is 10.2 Å². The normalized spacial score (nSPS) is 12.1. The van der Waals surface area contributed by atoms with Gasteiger partial charge in [0.05, 0.1) is 11.9 Å². The number of hydrogen-bond acceptors (Lipinski definition) is 8. The Morgan fingerprint density at radius 1 is 0.964 bits per heavy atom. The second kappa shape index (κ2) is 7.55. The number of nitrogens with zero attached hydrogens (tertiary/aromatic N) is 4. The topological polar surface area (TPSA) is 137 Å². The molecule has 0 spiro atoms. The number of rotatable bonds is 5. The van der Waals surface area contributed by atoms with Crippen molar-refractivity contribution in [2.24, 2.45) is 5.73 Å². The standard InChI is InChI=1S/C20H18N6O2/c21-16(27)10-13-8-4-5-9-14(13)15-11-23-18(22)17(24-15)20-26-25-19(28-20)12-6-2-1-3-7-12/h1-9,11,16,27H,10,21H2,(H2,22,23). The Morgan fingerprint density at radius 3 is 2.46 bits per heavy atom. The van der Waals surface area contributed by atoms with Crippen molar-refractivity contribution in [2.45, 2.75) is 12.6 Å². The van der Waals surface area contributed by atoms with Gasteiger partial charge in [-0.2, -0.15) is 0 Å². The van der Waals surface area contributed by atoms with Crippen LogP contribution in [0, 0.1) is 0 Å². The van der Waals surface area contributed by atoms with Gasteiger partial charge >= 0.3 is 0 Å². The highest BCUT2D eigenvalue weighted by Gasteiger charge is 2.18. The second-order valence-electron chi connectivity index (χ2n) is 6.20. The van der Waals surface area contributed by atoms with E-state index in [4.69, 9.17) is 15.9 Å². The van der Waals surface area contributed by atoms with Gasteiger partial charge in [-0.05, 0) is 17.7 Å². The molecule has 0 radical (unpaired) electrons. The lowest BCUT2D eigenvalue weighted by Gasteiger charge is -2.11. The quantitative estimate of drug-likeness (QED) is 0.452. The third kappa shape index (κ3) is 3.59. The molecule has 5 N–H and O–H groups in total. The molecular formula is C20H18N6O2. The van der Waals surface area contributed by atoms with E-state index in [0.717, 1.165) is 16.7 Å². The van der Waals surface area contributed by atoms with Crippen LogP contribution in [0.4, 0.5) is 5.82 Å². The Kier molecular flexibility index (Phi) is 4.79. The summed E-state index contributed by atoms with van der Waals surface area (Å²) in [5, 5.41) is 17.7. The Hall–Kier alpha value is -3.62. The molecule has 4 rings (SSSR count). The summed E-state index contributed by atoms with van der Waals surface area (Å²) in [5.74, 6) is 0.735. The fourth-order valence-corrected chi connectivity index (χ4v) is 2.88. The van der Waals surface area contributed by atoms with Crippen LogP contribution < -0.4 is 11.5 Å². The van der Waals surface area contributed by atoms with Crippen LogP contribution in [-0.4, -0.2) is 31.5 Å². The summed E-state index contributed by atoms with van der Waals surface area (Å²) in [6.45, 7) is 0. The zero-order valence-electron chi connectivity index (χ0n) is 14.9. The van der Waals surface area contributed by atoms with Crippen molar-refractivity contribution >= 4 is 5.82 Å². The molecule has 140 valence electrons. The summed E-state index contributed by atoms with van der Waals surface area (Å²) in [6, 6.07) is 16.9. The van der Waals surface area contributed by atoms with Crippen molar-refractivity contribution in [3.05, 3.63) is 66.4 Å². The Morgan fingerprint density at radius 2 is 1.68 bits per heavy atom. The van der Waals surface area contributed by atoms with Crippen LogP contribution in [0.5, 0.6) is 0 Å². The molecule has 8 nitrogen and oxygen atoms in total. The van der Waals surface area contributed by atoms with Crippen molar-refractivity contribution in [3.8, 4) is 34.3 Å². The lowest BCUT2D eigenvalue weighted by molar-refractivity contribution is 0.183. The van der Waals surface area contributed by atoms with E-state index >= 15 is 0 Å². The van der Waals surface area contributed by atoms with E-state index in [9.17, 15) is 5.11 Å². The molecule has 28 heavy (non-hydrogen) atoms. The molecule has 1 atom stereocenters. The third-order valence-corrected chi connectivity index (χ3v) is 4.17. The van der Waals surface area contributed by atoms with Gasteiger partial charge in [0.1, 0.15) is 6.23 Å². The van der Waals surface area contributed by atoms with E-state index in [0.29, 0.717) is 17.3 Å². The first kappa shape index (κ1) is 17.8. The van der Waals surface area contributed by atoms with E-state index in [1.165, 1.54) is 0 Å². The maximum absolute atomic E-state index is 9.55. The monoisotopic (exact) mass is 374 g/mol. The van der Waals surface area contributed by atoms with Gasteiger partial charge in [0.2, 0.25) is 5.89 Å². The Labute approximate surface area is 160 Å². The molecule has 0 aliphatic carbocycles. The predicted molar refractivity (Wildman–Crippen MR) is 105 cm³/mol. The van der Waals surface area contributed by atoms with Crippen molar-refractivity contribution < 1.29 is 9.52 Å². The van der Waals surface area contributed by atoms with Crippen molar-refractivity contribution in [2.75, 3.05) is 5.73 Å². The number of aliphatic hydroxyl groups is 1. The summed E-state index contributed by atoms with van der Waals surface area (Å²) < 4.78 is 5.76. The van der Waals surface area contributed by atoms with Crippen LogP contribution in [0.1, 0.15) is 5.56 Å². The lowest BCUT2D eigenvalue weighted by atomic mass is 10.0. The number of aromatic nitrogens is 4. The maximum atomic E-state index is 9.55. The van der Waals surface area contributed by atoms with Crippen molar-refractivity contribution in [3.63, 3.8) is 0 Å². The molecule has 0 saturated heterocycles. The van der Waals surface area contributed by atoms with Crippen LogP contribution in [0.3, 0.4) is 0 Å². The molecule has 1 unspecified atom stereocenters. The molecule has 0 amide bonds. The van der Waals surface area contributed by atoms with Gasteiger partial charge in [0, 0.05) is 17.5 Å². The van der Waals surface area contributed by atoms with Crippen molar-refractivity contribution in [1.29, 1.82) is 0 Å². The highest BCUT2D eigenvalue weighted by atomic mass is 16.4. The van der Waals surface area contributed by atoms with Crippen LogP contribution in [0.2, 0.25) is 0 Å². The summed E-state index contributed by atoms with van der Waals surface area (Å²) in [5.41, 5.74) is 14.9. The number of anilines is 1. The van der Waals surface area contributed by atoms with Gasteiger partial charge in [0.15, 0.2) is 11.5 Å². The van der Waals surface area contributed by atoms with Crippen molar-refractivity contribution in [1.82, 2.24) is 20.2 Å². The molecule has 8 heteroatoms. The zero-order chi connectivity index (χ0) is 19.5. The minimum atomic E-state index is -0.966. The molecule has 2 aromatic heterocycles. The summed E-state index contributed by atoms with van der Waals surface area (Å²) >= 11 is 0. The molecular weight excluding hydrogens is 356 g/mol. The van der Waals surface area contributed by atoms with Gasteiger partial charge in [-0.3, -0.25) is 0 Å². The number of hydrogen-bond donors (Lipinski definition) is 3. The first-order valence-electron chi connectivity index (χ1n) is 8.65. The second-order valence-corrected chi connectivity index (χ2v) is 6.20. The molecule has 2 aromatic carbocycles. The summed E-state index contributed by atoms with van der Waals surface area (Å²) in [7, 11) is 0. The van der Waals surface area contributed by atoms with Gasteiger partial charge in [-0.25, -0.2) is 9.97 Å². The molecule has 0 bridgehead atoms. The zero-order valence-corrected chi connectivity index (χ0v) is 14.9. The first-order valence-corrected chi connectivity index (χ1v) is 8.65. The molecule has 0 aliphatic rings. The predicted octanol–water partition coefficient (Wildman–Crippen LogP) is 2.26. The highest BCUT2D eigenvalue weighted by Crippen LogP contribution is 2.29. The van der Waals surface area contributed by atoms with Crippen LogP contribution in [-0.2, 0) is 6.42 Å². The molecule has 4 aromatic rings. The first-order chi connectivity index (χ1) is 13.6. The largest absolute Gasteiger partial charge is 0.414 e. The van der Waals surface area contributed by atoms with Crippen LogP contribution in [0.15, 0.2) is 65.2 Å². The van der Waals surface area contributed by atoms with E-state index in [1.54, 1.807) is 6.20 Å². The van der Waals surface area contributed by atoms with Gasteiger partial charge in [-0.1, -0.05) is 42.5 Å². The van der Waals surface area contributed by atoms with Gasteiger partial charge < -0.3 is 21.0 Å².